The van der Waals surface area contributed by atoms with Crippen LogP contribution in [0.1, 0.15) is 37.0 Å². The minimum absolute atomic E-state index is 0.260. The molecule has 2 N–H and O–H groups in total. The average molecular weight is 254 g/mol. The highest BCUT2D eigenvalue weighted by atomic mass is 19.1. The molecular weight excluding hydrogens is 239 g/mol. The van der Waals surface area contributed by atoms with Gasteiger partial charge in [-0.3, -0.25) is 4.79 Å². The third-order valence-electron chi connectivity index (χ3n) is 2.62. The Labute approximate surface area is 104 Å². The number of halogens is 1. The van der Waals surface area contributed by atoms with Crippen molar-refractivity contribution in [3.8, 4) is 0 Å². The summed E-state index contributed by atoms with van der Waals surface area (Å²) in [6.45, 7) is 3.20. The van der Waals surface area contributed by atoms with Crippen LogP contribution in [-0.2, 0) is 4.79 Å². The predicted octanol–water partition coefficient (Wildman–Crippen LogP) is 1.59. The zero-order valence-corrected chi connectivity index (χ0v) is 10.2. The first-order valence-electron chi connectivity index (χ1n) is 5.57. The second-order valence-electron chi connectivity index (χ2n) is 4.18. The summed E-state index contributed by atoms with van der Waals surface area (Å²) >= 11 is 0. The largest absolute Gasteiger partial charge is 0.480 e. The van der Waals surface area contributed by atoms with E-state index in [0.29, 0.717) is 6.42 Å². The number of nitrogens with zero attached hydrogens (tertiary/aromatic N) is 1. The number of carboxylic acid groups (broad SMARTS) is 1. The number of aromatic nitrogens is 1. The molecule has 98 valence electrons. The summed E-state index contributed by atoms with van der Waals surface area (Å²) in [5, 5.41) is 11.4. The number of hydrogen-bond donors (Lipinski definition) is 2. The molecule has 1 rings (SSSR count). The molecule has 1 atom stereocenters. The fourth-order valence-electron chi connectivity index (χ4n) is 1.60. The van der Waals surface area contributed by atoms with Gasteiger partial charge in [-0.15, -0.1) is 0 Å². The Kier molecular flexibility index (Phi) is 4.36. The van der Waals surface area contributed by atoms with Crippen LogP contribution in [0, 0.1) is 5.95 Å². The predicted molar refractivity (Wildman–Crippen MR) is 62.6 cm³/mol. The second kappa shape index (κ2) is 5.57. The Morgan fingerprint density at radius 3 is 2.72 bits per heavy atom. The van der Waals surface area contributed by atoms with Crippen LogP contribution >= 0.6 is 0 Å². The van der Waals surface area contributed by atoms with Crippen LogP contribution in [0.15, 0.2) is 18.3 Å². The van der Waals surface area contributed by atoms with E-state index in [1.165, 1.54) is 25.3 Å². The van der Waals surface area contributed by atoms with Gasteiger partial charge in [0.05, 0.1) is 5.56 Å². The maximum atomic E-state index is 13.3. The number of hydrogen-bond acceptors (Lipinski definition) is 3. The molecule has 1 amide bonds. The number of nitrogens with one attached hydrogen (secondary N) is 1. The molecule has 0 bridgehead atoms. The van der Waals surface area contributed by atoms with Gasteiger partial charge < -0.3 is 10.4 Å². The number of amides is 1. The van der Waals surface area contributed by atoms with Gasteiger partial charge in [-0.1, -0.05) is 13.3 Å². The van der Waals surface area contributed by atoms with Crippen molar-refractivity contribution in [1.82, 2.24) is 10.3 Å². The highest BCUT2D eigenvalue weighted by Crippen LogP contribution is 2.14. The lowest BCUT2D eigenvalue weighted by Gasteiger charge is -2.25. The highest BCUT2D eigenvalue weighted by Gasteiger charge is 2.34. The molecule has 0 fully saturated rings. The molecule has 18 heavy (non-hydrogen) atoms. The smallest absolute Gasteiger partial charge is 0.329 e. The van der Waals surface area contributed by atoms with Crippen LogP contribution in [-0.4, -0.2) is 27.5 Å². The SMILES string of the molecule is CCCC(C)(NC(=O)c1cccnc1F)C(=O)O. The van der Waals surface area contributed by atoms with Gasteiger partial charge in [-0.2, -0.15) is 4.39 Å². The first kappa shape index (κ1) is 14.1. The lowest BCUT2D eigenvalue weighted by molar-refractivity contribution is -0.144. The van der Waals surface area contributed by atoms with E-state index in [1.54, 1.807) is 6.92 Å². The Balaban J connectivity index is 2.93. The topological polar surface area (TPSA) is 79.3 Å². The van der Waals surface area contributed by atoms with E-state index in [4.69, 9.17) is 5.11 Å². The van der Waals surface area contributed by atoms with Crippen molar-refractivity contribution < 1.29 is 19.1 Å². The second-order valence-corrected chi connectivity index (χ2v) is 4.18. The van der Waals surface area contributed by atoms with Gasteiger partial charge in [0.2, 0.25) is 5.95 Å². The van der Waals surface area contributed by atoms with Crippen LogP contribution in [0.5, 0.6) is 0 Å². The molecule has 0 aliphatic heterocycles. The number of aliphatic carboxylic acids is 1. The van der Waals surface area contributed by atoms with E-state index in [-0.39, 0.29) is 12.0 Å². The molecule has 0 aliphatic carbocycles. The van der Waals surface area contributed by atoms with E-state index >= 15 is 0 Å². The van der Waals surface area contributed by atoms with Crippen molar-refractivity contribution in [1.29, 1.82) is 0 Å². The zero-order chi connectivity index (χ0) is 13.8. The summed E-state index contributed by atoms with van der Waals surface area (Å²) in [4.78, 5) is 26.3. The van der Waals surface area contributed by atoms with Crippen LogP contribution in [0.3, 0.4) is 0 Å². The molecule has 0 radical (unpaired) electrons. The standard InChI is InChI=1S/C12H15FN2O3/c1-3-6-12(2,11(17)18)15-10(16)8-5-4-7-14-9(8)13/h4-5,7H,3,6H2,1-2H3,(H,15,16)(H,17,18). The van der Waals surface area contributed by atoms with Crippen molar-refractivity contribution in [2.24, 2.45) is 0 Å². The third kappa shape index (κ3) is 3.03. The molecule has 5 nitrogen and oxygen atoms in total. The summed E-state index contributed by atoms with van der Waals surface area (Å²) in [5.74, 6) is -2.85. The normalized spacial score (nSPS) is 13.7. The fourth-order valence-corrected chi connectivity index (χ4v) is 1.60. The highest BCUT2D eigenvalue weighted by molar-refractivity contribution is 5.97. The molecule has 0 spiro atoms. The maximum absolute atomic E-state index is 13.3. The van der Waals surface area contributed by atoms with Crippen LogP contribution in [0.2, 0.25) is 0 Å². The van der Waals surface area contributed by atoms with Gasteiger partial charge >= 0.3 is 5.97 Å². The molecule has 6 heteroatoms. The number of rotatable bonds is 5. The fraction of sp³-hybridized carbons (Fsp3) is 0.417. The minimum Gasteiger partial charge on any atom is -0.480 e. The summed E-state index contributed by atoms with van der Waals surface area (Å²) in [6, 6.07) is 2.67. The van der Waals surface area contributed by atoms with E-state index in [2.05, 4.69) is 10.3 Å². The molecular formula is C12H15FN2O3. The van der Waals surface area contributed by atoms with Gasteiger partial charge in [-0.25, -0.2) is 9.78 Å². The zero-order valence-electron chi connectivity index (χ0n) is 10.2. The molecule has 1 unspecified atom stereocenters. The molecule has 0 aliphatic rings. The van der Waals surface area contributed by atoms with Gasteiger partial charge in [0.15, 0.2) is 0 Å². The number of pyridine rings is 1. The number of carboxylic acids is 1. The van der Waals surface area contributed by atoms with Gasteiger partial charge in [0.25, 0.3) is 5.91 Å². The van der Waals surface area contributed by atoms with Gasteiger partial charge in [0.1, 0.15) is 5.54 Å². The number of carbonyl (C=O) groups excluding carboxylic acids is 1. The van der Waals surface area contributed by atoms with Crippen molar-refractivity contribution in [3.05, 3.63) is 29.8 Å². The molecule has 0 saturated heterocycles. The Morgan fingerprint density at radius 1 is 1.56 bits per heavy atom. The molecule has 0 aromatic carbocycles. The maximum Gasteiger partial charge on any atom is 0.329 e. The van der Waals surface area contributed by atoms with E-state index in [1.807, 2.05) is 0 Å². The average Bonchev–Trinajstić information content (AvgIpc) is 2.29. The Morgan fingerprint density at radius 2 is 2.22 bits per heavy atom. The Hall–Kier alpha value is -1.98. The van der Waals surface area contributed by atoms with E-state index in [0.717, 1.165) is 0 Å². The van der Waals surface area contributed by atoms with E-state index in [9.17, 15) is 14.0 Å². The molecule has 1 heterocycles. The van der Waals surface area contributed by atoms with Crippen LogP contribution in [0.25, 0.3) is 0 Å². The molecule has 0 saturated carbocycles. The van der Waals surface area contributed by atoms with Crippen LogP contribution < -0.4 is 5.32 Å². The lowest BCUT2D eigenvalue weighted by Crippen LogP contribution is -2.52. The van der Waals surface area contributed by atoms with Crippen molar-refractivity contribution in [2.75, 3.05) is 0 Å². The van der Waals surface area contributed by atoms with Crippen molar-refractivity contribution in [3.63, 3.8) is 0 Å². The van der Waals surface area contributed by atoms with E-state index < -0.39 is 23.4 Å². The van der Waals surface area contributed by atoms with Gasteiger partial charge in [-0.05, 0) is 25.5 Å². The van der Waals surface area contributed by atoms with Crippen LogP contribution in [0.4, 0.5) is 4.39 Å². The summed E-state index contributed by atoms with van der Waals surface area (Å²) in [5.41, 5.74) is -1.67. The van der Waals surface area contributed by atoms with Crippen molar-refractivity contribution >= 4 is 11.9 Å². The number of carbonyl (C=O) groups is 2. The van der Waals surface area contributed by atoms with Gasteiger partial charge in [0, 0.05) is 6.20 Å². The summed E-state index contributed by atoms with van der Waals surface area (Å²) in [7, 11) is 0. The third-order valence-corrected chi connectivity index (χ3v) is 2.62. The Bertz CT molecular complexity index is 464. The summed E-state index contributed by atoms with van der Waals surface area (Å²) in [6.07, 6.45) is 2.06. The van der Waals surface area contributed by atoms with Crippen molar-refractivity contribution in [2.45, 2.75) is 32.2 Å². The molecule has 1 aromatic heterocycles. The summed E-state index contributed by atoms with van der Waals surface area (Å²) < 4.78 is 13.3. The monoisotopic (exact) mass is 254 g/mol. The lowest BCUT2D eigenvalue weighted by atomic mass is 9.96. The first-order valence-corrected chi connectivity index (χ1v) is 5.57. The molecule has 1 aromatic rings. The minimum atomic E-state index is -1.41. The quantitative estimate of drug-likeness (QED) is 0.782. The first-order chi connectivity index (χ1) is 8.40.